The molecule has 0 aromatic rings. The largest absolute Gasteiger partial charge is 0.481 e. The summed E-state index contributed by atoms with van der Waals surface area (Å²) < 4.78 is 0. The number of carboxylic acids is 1. The predicted octanol–water partition coefficient (Wildman–Crippen LogP) is 1.46. The molecule has 1 saturated carbocycles. The van der Waals surface area contributed by atoms with Crippen molar-refractivity contribution in [3.8, 4) is 0 Å². The van der Waals surface area contributed by atoms with Gasteiger partial charge in [-0.3, -0.25) is 9.69 Å². The second kappa shape index (κ2) is 7.64. The number of hydrogen-bond donors (Lipinski definition) is 1. The summed E-state index contributed by atoms with van der Waals surface area (Å²) >= 11 is 0. The Morgan fingerprint density at radius 3 is 2.29 bits per heavy atom. The van der Waals surface area contributed by atoms with E-state index in [1.165, 1.54) is 19.3 Å². The fourth-order valence-electron chi connectivity index (χ4n) is 3.26. The Balaban J connectivity index is 1.75. The number of carbonyl (C=O) groups excluding carboxylic acids is 1. The zero-order valence-corrected chi connectivity index (χ0v) is 13.0. The lowest BCUT2D eigenvalue weighted by Gasteiger charge is -2.39. The first-order valence-electron chi connectivity index (χ1n) is 8.04. The summed E-state index contributed by atoms with van der Waals surface area (Å²) in [5.74, 6) is -0.759. The van der Waals surface area contributed by atoms with Gasteiger partial charge >= 0.3 is 12.0 Å². The molecule has 0 atom stereocenters. The van der Waals surface area contributed by atoms with E-state index in [0.717, 1.165) is 25.9 Å². The fraction of sp³-hybridized carbons (Fsp3) is 0.867. The molecule has 6 nitrogen and oxygen atoms in total. The lowest BCUT2D eigenvalue weighted by Crippen LogP contribution is -2.54. The molecule has 1 heterocycles. The number of nitrogens with zero attached hydrogens (tertiary/aromatic N) is 3. The molecule has 1 N–H and O–H groups in total. The third kappa shape index (κ3) is 4.59. The van der Waals surface area contributed by atoms with Crippen LogP contribution in [0.5, 0.6) is 0 Å². The van der Waals surface area contributed by atoms with Gasteiger partial charge in [-0.05, 0) is 12.8 Å². The first-order chi connectivity index (χ1) is 10.1. The van der Waals surface area contributed by atoms with Crippen molar-refractivity contribution in [2.45, 2.75) is 44.6 Å². The molecule has 2 rings (SSSR count). The zero-order chi connectivity index (χ0) is 15.2. The summed E-state index contributed by atoms with van der Waals surface area (Å²) in [5.41, 5.74) is 0. The van der Waals surface area contributed by atoms with Crippen molar-refractivity contribution in [3.05, 3.63) is 0 Å². The maximum atomic E-state index is 12.5. The van der Waals surface area contributed by atoms with Gasteiger partial charge in [0.15, 0.2) is 0 Å². The first-order valence-corrected chi connectivity index (χ1v) is 8.04. The molecule has 21 heavy (non-hydrogen) atoms. The third-order valence-corrected chi connectivity index (χ3v) is 4.71. The number of carbonyl (C=O) groups is 2. The number of amides is 2. The average molecular weight is 297 g/mol. The Bertz CT molecular complexity index is 361. The topological polar surface area (TPSA) is 64.1 Å². The summed E-state index contributed by atoms with van der Waals surface area (Å²) in [7, 11) is 1.93. The van der Waals surface area contributed by atoms with Gasteiger partial charge in [0, 0.05) is 45.8 Å². The standard InChI is InChI=1S/C15H27N3O3/c1-16(13-5-3-2-4-6-13)15(21)18-11-9-17(10-12-18)8-7-14(19)20/h13H,2-12H2,1H3,(H,19,20). The minimum atomic E-state index is -0.759. The van der Waals surface area contributed by atoms with E-state index in [4.69, 9.17) is 5.11 Å². The third-order valence-electron chi connectivity index (χ3n) is 4.71. The molecule has 6 heteroatoms. The van der Waals surface area contributed by atoms with E-state index in [9.17, 15) is 9.59 Å². The summed E-state index contributed by atoms with van der Waals surface area (Å²) in [6, 6.07) is 0.538. The van der Waals surface area contributed by atoms with Crippen LogP contribution in [0.2, 0.25) is 0 Å². The van der Waals surface area contributed by atoms with Crippen LogP contribution in [-0.2, 0) is 4.79 Å². The molecule has 2 fully saturated rings. The van der Waals surface area contributed by atoms with E-state index in [1.807, 2.05) is 16.8 Å². The van der Waals surface area contributed by atoms with E-state index in [0.29, 0.717) is 25.7 Å². The van der Waals surface area contributed by atoms with Gasteiger partial charge in [0.1, 0.15) is 0 Å². The Kier molecular flexibility index (Phi) is 5.85. The molecule has 0 aromatic carbocycles. The maximum Gasteiger partial charge on any atom is 0.320 e. The van der Waals surface area contributed by atoms with Gasteiger partial charge in [-0.2, -0.15) is 0 Å². The molecule has 2 amide bonds. The summed E-state index contributed by atoms with van der Waals surface area (Å²) in [4.78, 5) is 29.0. The smallest absolute Gasteiger partial charge is 0.320 e. The van der Waals surface area contributed by atoms with Crippen LogP contribution in [0.25, 0.3) is 0 Å². The maximum absolute atomic E-state index is 12.5. The minimum absolute atomic E-state index is 0.139. The highest BCUT2D eigenvalue weighted by Crippen LogP contribution is 2.22. The van der Waals surface area contributed by atoms with Crippen molar-refractivity contribution < 1.29 is 14.7 Å². The Labute approximate surface area is 126 Å². The molecule has 0 aromatic heterocycles. The molecule has 120 valence electrons. The van der Waals surface area contributed by atoms with Crippen molar-refractivity contribution in [1.82, 2.24) is 14.7 Å². The van der Waals surface area contributed by atoms with E-state index < -0.39 is 5.97 Å². The number of rotatable bonds is 4. The summed E-state index contributed by atoms with van der Waals surface area (Å²) in [5, 5.41) is 8.70. The molecule has 0 unspecified atom stereocenters. The molecule has 0 spiro atoms. The van der Waals surface area contributed by atoms with Gasteiger partial charge < -0.3 is 14.9 Å². The fourth-order valence-corrected chi connectivity index (χ4v) is 3.26. The molecule has 1 aliphatic carbocycles. The van der Waals surface area contributed by atoms with Gasteiger partial charge in [0.2, 0.25) is 0 Å². The Morgan fingerprint density at radius 1 is 1.10 bits per heavy atom. The molecule has 1 aliphatic heterocycles. The van der Waals surface area contributed by atoms with Crippen LogP contribution in [0.1, 0.15) is 38.5 Å². The lowest BCUT2D eigenvalue weighted by molar-refractivity contribution is -0.137. The van der Waals surface area contributed by atoms with Crippen LogP contribution in [0.4, 0.5) is 4.79 Å². The molecule has 0 bridgehead atoms. The van der Waals surface area contributed by atoms with Crippen LogP contribution >= 0.6 is 0 Å². The molecule has 2 aliphatic rings. The highest BCUT2D eigenvalue weighted by molar-refractivity contribution is 5.74. The van der Waals surface area contributed by atoms with E-state index in [-0.39, 0.29) is 12.5 Å². The van der Waals surface area contributed by atoms with Crippen molar-refractivity contribution in [2.75, 3.05) is 39.8 Å². The van der Waals surface area contributed by atoms with Crippen LogP contribution in [0.15, 0.2) is 0 Å². The van der Waals surface area contributed by atoms with Gasteiger partial charge in [-0.1, -0.05) is 19.3 Å². The Hall–Kier alpha value is -1.30. The van der Waals surface area contributed by atoms with E-state index in [2.05, 4.69) is 4.90 Å². The Morgan fingerprint density at radius 2 is 1.71 bits per heavy atom. The van der Waals surface area contributed by atoms with Gasteiger partial charge in [0.25, 0.3) is 0 Å². The van der Waals surface area contributed by atoms with Crippen molar-refractivity contribution in [2.24, 2.45) is 0 Å². The highest BCUT2D eigenvalue weighted by Gasteiger charge is 2.28. The molecular weight excluding hydrogens is 270 g/mol. The molecular formula is C15H27N3O3. The lowest BCUT2D eigenvalue weighted by atomic mass is 9.95. The predicted molar refractivity (Wildman–Crippen MR) is 80.3 cm³/mol. The van der Waals surface area contributed by atoms with E-state index in [1.54, 1.807) is 0 Å². The van der Waals surface area contributed by atoms with Crippen LogP contribution in [-0.4, -0.2) is 77.6 Å². The van der Waals surface area contributed by atoms with E-state index >= 15 is 0 Å². The van der Waals surface area contributed by atoms with Gasteiger partial charge in [-0.25, -0.2) is 4.79 Å². The van der Waals surface area contributed by atoms with Crippen LogP contribution in [0, 0.1) is 0 Å². The van der Waals surface area contributed by atoms with Crippen molar-refractivity contribution >= 4 is 12.0 Å². The van der Waals surface area contributed by atoms with Crippen LogP contribution in [0.3, 0.4) is 0 Å². The monoisotopic (exact) mass is 297 g/mol. The molecule has 1 saturated heterocycles. The number of aliphatic carboxylic acids is 1. The first kappa shape index (κ1) is 16.1. The normalized spacial score (nSPS) is 21.3. The number of piperazine rings is 1. The molecule has 0 radical (unpaired) electrons. The second-order valence-electron chi connectivity index (χ2n) is 6.16. The van der Waals surface area contributed by atoms with Crippen LogP contribution < -0.4 is 0 Å². The minimum Gasteiger partial charge on any atom is -0.481 e. The zero-order valence-electron chi connectivity index (χ0n) is 13.0. The summed E-state index contributed by atoms with van der Waals surface area (Å²) in [6.07, 6.45) is 6.18. The highest BCUT2D eigenvalue weighted by atomic mass is 16.4. The SMILES string of the molecule is CN(C(=O)N1CCN(CCC(=O)O)CC1)C1CCCCC1. The van der Waals surface area contributed by atoms with Crippen molar-refractivity contribution in [1.29, 1.82) is 0 Å². The number of carboxylic acid groups (broad SMARTS) is 1. The second-order valence-corrected chi connectivity index (χ2v) is 6.16. The number of urea groups is 1. The van der Waals surface area contributed by atoms with Gasteiger partial charge in [0.05, 0.1) is 6.42 Å². The van der Waals surface area contributed by atoms with Crippen molar-refractivity contribution in [3.63, 3.8) is 0 Å². The quantitative estimate of drug-likeness (QED) is 0.853. The summed E-state index contributed by atoms with van der Waals surface area (Å²) in [6.45, 7) is 3.54. The van der Waals surface area contributed by atoms with Gasteiger partial charge in [-0.15, -0.1) is 0 Å². The number of hydrogen-bond acceptors (Lipinski definition) is 3. The average Bonchev–Trinajstić information content (AvgIpc) is 2.53.